The second-order valence-electron chi connectivity index (χ2n) is 8.48. The number of nitrogens with one attached hydrogen (secondary N) is 1. The normalized spacial score (nSPS) is 15.8. The minimum absolute atomic E-state index is 0.0447. The minimum atomic E-state index is -5.08. The van der Waals surface area contributed by atoms with E-state index in [0.29, 0.717) is 13.0 Å². The van der Waals surface area contributed by atoms with Gasteiger partial charge in [-0.05, 0) is 43.9 Å². The highest BCUT2D eigenvalue weighted by molar-refractivity contribution is 5.75. The molecule has 216 valence electrons. The fourth-order valence-electron chi connectivity index (χ4n) is 3.65. The van der Waals surface area contributed by atoms with Crippen LogP contribution >= 0.6 is 0 Å². The molecule has 2 heterocycles. The number of hydrogen-bond donors (Lipinski definition) is 3. The maximum Gasteiger partial charge on any atom is 0.490 e. The molecule has 1 aromatic heterocycles. The zero-order valence-corrected chi connectivity index (χ0v) is 21.0. The van der Waals surface area contributed by atoms with Gasteiger partial charge in [0.15, 0.2) is 5.96 Å². The Morgan fingerprint density at radius 2 is 1.95 bits per heavy atom. The van der Waals surface area contributed by atoms with Crippen LogP contribution in [0.3, 0.4) is 0 Å². The van der Waals surface area contributed by atoms with Crippen molar-refractivity contribution in [1.82, 2.24) is 15.0 Å². The lowest BCUT2D eigenvalue weighted by molar-refractivity contribution is -0.192. The van der Waals surface area contributed by atoms with E-state index in [0.717, 1.165) is 38.2 Å². The topological polar surface area (TPSA) is 139 Å². The lowest BCUT2D eigenvalue weighted by atomic mass is 10.1. The molecular weight excluding hydrogens is 536 g/mol. The number of aromatic nitrogens is 2. The molecule has 1 fully saturated rings. The molecule has 3 rings (SSSR count). The Morgan fingerprint density at radius 3 is 2.54 bits per heavy atom. The van der Waals surface area contributed by atoms with Gasteiger partial charge in [0, 0.05) is 12.1 Å². The molecule has 4 N–H and O–H groups in total. The molecule has 0 spiro atoms. The highest BCUT2D eigenvalue weighted by Crippen LogP contribution is 2.39. The summed E-state index contributed by atoms with van der Waals surface area (Å²) in [5.41, 5.74) is 4.86. The van der Waals surface area contributed by atoms with Gasteiger partial charge in [0.2, 0.25) is 11.7 Å². The number of carboxylic acid groups (broad SMARTS) is 1. The Labute approximate surface area is 220 Å². The van der Waals surface area contributed by atoms with Gasteiger partial charge in [-0.25, -0.2) is 4.79 Å². The summed E-state index contributed by atoms with van der Waals surface area (Å²) in [4.78, 5) is 14.8. The predicted octanol–water partition coefficient (Wildman–Crippen LogP) is 5.93. The van der Waals surface area contributed by atoms with Crippen molar-refractivity contribution in [1.29, 1.82) is 5.41 Å². The highest BCUT2D eigenvalue weighted by Gasteiger charge is 2.38. The predicted molar refractivity (Wildman–Crippen MR) is 128 cm³/mol. The van der Waals surface area contributed by atoms with Crippen molar-refractivity contribution >= 4 is 11.9 Å². The maximum absolute atomic E-state index is 13.6. The van der Waals surface area contributed by atoms with Gasteiger partial charge in [-0.1, -0.05) is 37.1 Å². The second-order valence-corrected chi connectivity index (χ2v) is 8.48. The first-order chi connectivity index (χ1) is 18.3. The molecule has 9 nitrogen and oxygen atoms in total. The monoisotopic (exact) mass is 565 g/mol. The summed E-state index contributed by atoms with van der Waals surface area (Å²) in [6.45, 7) is 2.76. The Balaban J connectivity index is 0.000000673. The van der Waals surface area contributed by atoms with Crippen LogP contribution < -0.4 is 10.5 Å². The van der Waals surface area contributed by atoms with Crippen molar-refractivity contribution in [3.63, 3.8) is 0 Å². The molecule has 39 heavy (non-hydrogen) atoms. The van der Waals surface area contributed by atoms with Gasteiger partial charge in [0.05, 0.1) is 5.56 Å². The molecular formula is C24H29F6N5O4. The molecule has 2 aromatic rings. The number of guanidine groups is 1. The molecule has 0 unspecified atom stereocenters. The summed E-state index contributed by atoms with van der Waals surface area (Å²) >= 11 is 0. The molecule has 0 bridgehead atoms. The van der Waals surface area contributed by atoms with E-state index in [4.69, 9.17) is 30.3 Å². The van der Waals surface area contributed by atoms with Gasteiger partial charge >= 0.3 is 18.3 Å². The first-order valence-corrected chi connectivity index (χ1v) is 12.0. The third-order valence-corrected chi connectivity index (χ3v) is 5.55. The Kier molecular flexibility index (Phi) is 11.2. The molecule has 0 aliphatic carbocycles. The van der Waals surface area contributed by atoms with Crippen molar-refractivity contribution in [2.45, 2.75) is 63.8 Å². The van der Waals surface area contributed by atoms with Gasteiger partial charge in [0.1, 0.15) is 18.4 Å². The molecule has 0 saturated carbocycles. The van der Waals surface area contributed by atoms with Gasteiger partial charge in [-0.3, -0.25) is 5.41 Å². The number of aliphatic carboxylic acids is 1. The number of nitrogens with two attached hydrogens (primary N) is 1. The van der Waals surface area contributed by atoms with E-state index in [-0.39, 0.29) is 41.6 Å². The molecule has 0 radical (unpaired) electrons. The lowest BCUT2D eigenvalue weighted by Crippen LogP contribution is -2.35. The Bertz CT molecular complexity index is 1130. The number of ether oxygens (including phenoxy) is 1. The van der Waals surface area contributed by atoms with Crippen molar-refractivity contribution in [2.24, 2.45) is 5.73 Å². The van der Waals surface area contributed by atoms with Crippen LogP contribution in [0.4, 0.5) is 26.3 Å². The number of alkyl halides is 6. The quantitative estimate of drug-likeness (QED) is 0.112. The fraction of sp³-hybridized carbons (Fsp3) is 0.500. The smallest absolute Gasteiger partial charge is 0.489 e. The summed E-state index contributed by atoms with van der Waals surface area (Å²) in [5, 5.41) is 18.6. The van der Waals surface area contributed by atoms with Crippen LogP contribution in [0.15, 0.2) is 34.9 Å². The standard InChI is InChI=1S/C22H28F3N5O2.C2HF3O2/c1-2-3-4-5-6-7-13-31-18-11-10-15(14-16(18)22(23,24)25)19-28-20(32-29-19)17-9-8-12-30(17)21(26)27;3-2(4,5)1(6)7/h6-7,10-11,14,17H,2-5,8-9,12-13H2,1H3,(H3,26,27);(H,6,7)/b7-6+;/t17-;/m0./s1. The van der Waals surface area contributed by atoms with Crippen LogP contribution in [-0.4, -0.2) is 51.4 Å². The van der Waals surface area contributed by atoms with Gasteiger partial charge in [-0.15, -0.1) is 0 Å². The number of halogens is 6. The lowest BCUT2D eigenvalue weighted by Gasteiger charge is -2.21. The third kappa shape index (κ3) is 9.48. The molecule has 15 heteroatoms. The first-order valence-electron chi connectivity index (χ1n) is 12.0. The fourth-order valence-corrected chi connectivity index (χ4v) is 3.65. The molecule has 1 atom stereocenters. The number of nitrogens with zero attached hydrogens (tertiary/aromatic N) is 3. The van der Waals surface area contributed by atoms with Gasteiger partial charge in [0.25, 0.3) is 0 Å². The summed E-state index contributed by atoms with van der Waals surface area (Å²) in [6, 6.07) is 3.37. The van der Waals surface area contributed by atoms with E-state index in [9.17, 15) is 26.3 Å². The minimum Gasteiger partial charge on any atom is -0.489 e. The van der Waals surface area contributed by atoms with Crippen LogP contribution in [0.5, 0.6) is 5.75 Å². The van der Waals surface area contributed by atoms with Gasteiger partial charge in [-0.2, -0.15) is 31.3 Å². The number of rotatable bonds is 9. The van der Waals surface area contributed by atoms with Crippen LogP contribution in [0.1, 0.15) is 62.9 Å². The highest BCUT2D eigenvalue weighted by atomic mass is 19.4. The van der Waals surface area contributed by atoms with Crippen LogP contribution in [0.25, 0.3) is 11.4 Å². The first kappa shape index (κ1) is 31.4. The van der Waals surface area contributed by atoms with Crippen molar-refractivity contribution in [2.75, 3.05) is 13.2 Å². The van der Waals surface area contributed by atoms with E-state index < -0.39 is 23.9 Å². The van der Waals surface area contributed by atoms with Crippen LogP contribution in [-0.2, 0) is 11.0 Å². The molecule has 1 aliphatic heterocycles. The van der Waals surface area contributed by atoms with Crippen LogP contribution in [0, 0.1) is 5.41 Å². The average Bonchev–Trinajstić information content (AvgIpc) is 3.52. The number of unbranched alkanes of at least 4 members (excludes halogenated alkanes) is 3. The van der Waals surface area contributed by atoms with E-state index in [2.05, 4.69) is 17.1 Å². The summed E-state index contributed by atoms with van der Waals surface area (Å²) in [5.74, 6) is -2.83. The van der Waals surface area contributed by atoms with E-state index in [1.54, 1.807) is 11.0 Å². The zero-order chi connectivity index (χ0) is 29.2. The van der Waals surface area contributed by atoms with Crippen molar-refractivity contribution in [3.8, 4) is 17.1 Å². The van der Waals surface area contributed by atoms with E-state index in [1.165, 1.54) is 12.1 Å². The average molecular weight is 566 g/mol. The third-order valence-electron chi connectivity index (χ3n) is 5.55. The Hall–Kier alpha value is -3.78. The number of benzene rings is 1. The number of likely N-dealkylation sites (tertiary alicyclic amines) is 1. The molecule has 1 aromatic carbocycles. The Morgan fingerprint density at radius 1 is 1.26 bits per heavy atom. The van der Waals surface area contributed by atoms with E-state index in [1.807, 2.05) is 6.08 Å². The number of allylic oxidation sites excluding steroid dienone is 1. The number of carbonyl (C=O) groups is 1. The molecule has 1 aliphatic rings. The van der Waals surface area contributed by atoms with Crippen molar-refractivity contribution < 1.29 is 45.5 Å². The number of hydrogen-bond acceptors (Lipinski definition) is 6. The summed E-state index contributed by atoms with van der Waals surface area (Å²) in [7, 11) is 0. The molecule has 1 saturated heterocycles. The van der Waals surface area contributed by atoms with Crippen LogP contribution in [0.2, 0.25) is 0 Å². The molecule has 0 amide bonds. The maximum atomic E-state index is 13.6. The zero-order valence-electron chi connectivity index (χ0n) is 21.0. The second kappa shape index (κ2) is 13.8. The van der Waals surface area contributed by atoms with Gasteiger partial charge < -0.3 is 25.0 Å². The van der Waals surface area contributed by atoms with Crippen molar-refractivity contribution in [3.05, 3.63) is 41.8 Å². The number of carboxylic acids is 1. The SMILES string of the molecule is CCCCC/C=C/COc1ccc(-c2noc([C@@H]3CCCN3C(=N)N)n2)cc1C(F)(F)F.O=C(O)C(F)(F)F. The largest absolute Gasteiger partial charge is 0.490 e. The van der Waals surface area contributed by atoms with E-state index >= 15 is 0 Å². The summed E-state index contributed by atoms with van der Waals surface area (Å²) < 4.78 is 83.3. The summed E-state index contributed by atoms with van der Waals surface area (Å²) in [6.07, 6.45) is -0.382.